The lowest BCUT2D eigenvalue weighted by molar-refractivity contribution is -0.124. The summed E-state index contributed by atoms with van der Waals surface area (Å²) < 4.78 is 17.3. The van der Waals surface area contributed by atoms with Gasteiger partial charge in [0.15, 0.2) is 0 Å². The summed E-state index contributed by atoms with van der Waals surface area (Å²) in [6.07, 6.45) is 4.09. The second-order valence-corrected chi connectivity index (χ2v) is 10.3. The van der Waals surface area contributed by atoms with Crippen LogP contribution in [-0.2, 0) is 16.2 Å². The van der Waals surface area contributed by atoms with E-state index in [1.807, 2.05) is 57.2 Å². The smallest absolute Gasteiger partial charge is 0.255 e. The van der Waals surface area contributed by atoms with Crippen molar-refractivity contribution >= 4 is 17.5 Å². The molecule has 38 heavy (non-hydrogen) atoms. The molecule has 2 unspecified atom stereocenters. The number of pyridine rings is 1. The summed E-state index contributed by atoms with van der Waals surface area (Å²) >= 11 is 0. The summed E-state index contributed by atoms with van der Waals surface area (Å²) in [6.45, 7) is 6.12. The molecule has 8 nitrogen and oxygen atoms in total. The maximum absolute atomic E-state index is 13.6. The van der Waals surface area contributed by atoms with Crippen molar-refractivity contribution < 1.29 is 23.5 Å². The van der Waals surface area contributed by atoms with Crippen LogP contribution >= 0.6 is 0 Å². The first kappa shape index (κ1) is 25.3. The Balaban J connectivity index is 1.47. The number of carbonyl (C=O) groups excluding carboxylic acids is 2. The number of hydrogen-bond donors (Lipinski definition) is 2. The van der Waals surface area contributed by atoms with E-state index in [9.17, 15) is 9.59 Å². The molecular weight excluding hydrogens is 482 g/mol. The molecule has 2 N–H and O–H groups in total. The number of fused-ring (bicyclic) bond motifs is 1. The Kier molecular flexibility index (Phi) is 6.80. The predicted octanol–water partition coefficient (Wildman–Crippen LogP) is 5.36. The molecule has 0 bridgehead atoms. The van der Waals surface area contributed by atoms with Crippen LogP contribution < -0.4 is 20.1 Å². The maximum Gasteiger partial charge on any atom is 0.255 e. The van der Waals surface area contributed by atoms with E-state index >= 15 is 0 Å². The highest BCUT2D eigenvalue weighted by Crippen LogP contribution is 2.47. The average molecular weight is 514 g/mol. The molecule has 0 spiro atoms. The molecule has 0 radical (unpaired) electrons. The zero-order chi connectivity index (χ0) is 26.9. The molecule has 1 aromatic carbocycles. The summed E-state index contributed by atoms with van der Waals surface area (Å²) in [4.78, 5) is 31.3. The molecule has 0 fully saturated rings. The number of anilines is 1. The lowest BCUT2D eigenvalue weighted by Gasteiger charge is -2.40. The SMILES string of the molecule is COc1ccc(OCc2ccc(C3C(C(=O)Nc4ccccn4)=C(C)NC4=CC(C)(C)CC(=O)C43)o2)cc1. The fourth-order valence-electron chi connectivity index (χ4n) is 5.16. The second-order valence-electron chi connectivity index (χ2n) is 10.3. The molecule has 0 saturated heterocycles. The number of ketones is 1. The summed E-state index contributed by atoms with van der Waals surface area (Å²) in [6, 6.07) is 16.2. The molecule has 2 aromatic heterocycles. The third-order valence-electron chi connectivity index (χ3n) is 6.82. The maximum atomic E-state index is 13.6. The van der Waals surface area contributed by atoms with Crippen LogP contribution in [0.15, 0.2) is 88.3 Å². The van der Waals surface area contributed by atoms with Crippen LogP contribution in [0.2, 0.25) is 0 Å². The van der Waals surface area contributed by atoms with Gasteiger partial charge in [-0.25, -0.2) is 4.98 Å². The van der Waals surface area contributed by atoms with Crippen molar-refractivity contribution in [3.8, 4) is 11.5 Å². The van der Waals surface area contributed by atoms with Gasteiger partial charge in [-0.3, -0.25) is 9.59 Å². The minimum absolute atomic E-state index is 0.0630. The van der Waals surface area contributed by atoms with Crippen LogP contribution in [0.25, 0.3) is 0 Å². The second kappa shape index (κ2) is 10.2. The van der Waals surface area contributed by atoms with E-state index in [0.717, 1.165) is 11.4 Å². The van der Waals surface area contributed by atoms with E-state index in [1.54, 1.807) is 31.5 Å². The Morgan fingerprint density at radius 1 is 1.11 bits per heavy atom. The van der Waals surface area contributed by atoms with Crippen LogP contribution in [0.3, 0.4) is 0 Å². The van der Waals surface area contributed by atoms with E-state index in [-0.39, 0.29) is 23.7 Å². The zero-order valence-electron chi connectivity index (χ0n) is 21.9. The highest BCUT2D eigenvalue weighted by Gasteiger charge is 2.47. The number of rotatable bonds is 7. The summed E-state index contributed by atoms with van der Waals surface area (Å²) in [5.41, 5.74) is 1.64. The molecule has 3 aromatic rings. The average Bonchev–Trinajstić information content (AvgIpc) is 3.35. The van der Waals surface area contributed by atoms with Gasteiger partial charge in [0.1, 0.15) is 41.2 Å². The van der Waals surface area contributed by atoms with Crippen LogP contribution in [-0.4, -0.2) is 23.8 Å². The highest BCUT2D eigenvalue weighted by molar-refractivity contribution is 6.06. The number of allylic oxidation sites excluding steroid dienone is 3. The fraction of sp³-hybridized carbons (Fsp3) is 0.300. The van der Waals surface area contributed by atoms with Crippen molar-refractivity contribution in [2.24, 2.45) is 11.3 Å². The highest BCUT2D eigenvalue weighted by atomic mass is 16.5. The summed E-state index contributed by atoms with van der Waals surface area (Å²) in [5, 5.41) is 6.22. The quantitative estimate of drug-likeness (QED) is 0.438. The predicted molar refractivity (Wildman–Crippen MR) is 142 cm³/mol. The van der Waals surface area contributed by atoms with Gasteiger partial charge in [-0.2, -0.15) is 0 Å². The summed E-state index contributed by atoms with van der Waals surface area (Å²) in [7, 11) is 1.61. The molecule has 2 atom stereocenters. The largest absolute Gasteiger partial charge is 0.497 e. The van der Waals surface area contributed by atoms with Crippen molar-refractivity contribution in [1.82, 2.24) is 10.3 Å². The standard InChI is InChI=1S/C30H31N3O5/c1-18-26(29(35)33-25-7-5-6-14-31-25)28(27-22(32-18)15-30(2,3)16-23(27)34)24-13-12-21(38-24)17-37-20-10-8-19(36-4)9-11-20/h5-15,27-28,32H,16-17H2,1-4H3,(H,31,33,35). The molecule has 2 aliphatic rings. The van der Waals surface area contributed by atoms with Crippen molar-refractivity contribution in [2.45, 2.75) is 39.7 Å². The number of benzene rings is 1. The number of methoxy groups -OCH3 is 1. The van der Waals surface area contributed by atoms with Crippen molar-refractivity contribution in [1.29, 1.82) is 0 Å². The minimum Gasteiger partial charge on any atom is -0.497 e. The van der Waals surface area contributed by atoms with Gasteiger partial charge < -0.3 is 24.5 Å². The van der Waals surface area contributed by atoms with E-state index in [1.165, 1.54) is 0 Å². The Morgan fingerprint density at radius 3 is 2.58 bits per heavy atom. The van der Waals surface area contributed by atoms with Gasteiger partial charge in [0.2, 0.25) is 0 Å². The first-order chi connectivity index (χ1) is 18.2. The normalized spacial score (nSPS) is 20.2. The first-order valence-electron chi connectivity index (χ1n) is 12.6. The number of furan rings is 1. The van der Waals surface area contributed by atoms with Crippen LogP contribution in [0.4, 0.5) is 5.82 Å². The van der Waals surface area contributed by atoms with Crippen LogP contribution in [0, 0.1) is 11.3 Å². The minimum atomic E-state index is -0.593. The van der Waals surface area contributed by atoms with Gasteiger partial charge in [-0.15, -0.1) is 0 Å². The van der Waals surface area contributed by atoms with E-state index in [2.05, 4.69) is 21.7 Å². The lowest BCUT2D eigenvalue weighted by Crippen LogP contribution is -2.44. The molecule has 1 amide bonds. The molecular formula is C30H31N3O5. The van der Waals surface area contributed by atoms with Crippen LogP contribution in [0.1, 0.15) is 44.6 Å². The monoisotopic (exact) mass is 513 g/mol. The first-order valence-corrected chi connectivity index (χ1v) is 12.6. The number of nitrogens with zero attached hydrogens (tertiary/aromatic N) is 1. The number of hydrogen-bond acceptors (Lipinski definition) is 7. The molecule has 3 heterocycles. The number of nitrogens with one attached hydrogen (secondary N) is 2. The molecule has 196 valence electrons. The molecule has 1 aliphatic heterocycles. The molecule has 1 aliphatic carbocycles. The zero-order valence-corrected chi connectivity index (χ0v) is 21.9. The number of carbonyl (C=O) groups is 2. The number of Topliss-reactive ketones (excluding diaryl/α,β-unsaturated/α-hetero) is 1. The Morgan fingerprint density at radius 2 is 1.87 bits per heavy atom. The van der Waals surface area contributed by atoms with Gasteiger partial charge in [0.05, 0.1) is 18.9 Å². The molecule has 0 saturated carbocycles. The van der Waals surface area contributed by atoms with Gasteiger partial charge in [-0.1, -0.05) is 26.0 Å². The van der Waals surface area contributed by atoms with Gasteiger partial charge in [-0.05, 0) is 60.9 Å². The third kappa shape index (κ3) is 5.20. The topological polar surface area (TPSA) is 103 Å². The van der Waals surface area contributed by atoms with Crippen LogP contribution in [0.5, 0.6) is 11.5 Å². The van der Waals surface area contributed by atoms with Crippen molar-refractivity contribution in [3.05, 3.63) is 95.4 Å². The van der Waals surface area contributed by atoms with Gasteiger partial charge in [0, 0.05) is 29.6 Å². The fourth-order valence-corrected chi connectivity index (χ4v) is 5.16. The van der Waals surface area contributed by atoms with E-state index < -0.39 is 11.8 Å². The van der Waals surface area contributed by atoms with Crippen molar-refractivity contribution in [3.63, 3.8) is 0 Å². The number of aromatic nitrogens is 1. The summed E-state index contributed by atoms with van der Waals surface area (Å²) in [5.74, 6) is 1.55. The number of ether oxygens (including phenoxy) is 2. The van der Waals surface area contributed by atoms with E-state index in [4.69, 9.17) is 13.9 Å². The van der Waals surface area contributed by atoms with Gasteiger partial charge in [0.25, 0.3) is 5.91 Å². The Labute approximate surface area is 221 Å². The Hall–Kier alpha value is -4.33. The molecule has 8 heteroatoms. The van der Waals surface area contributed by atoms with Gasteiger partial charge >= 0.3 is 0 Å². The van der Waals surface area contributed by atoms with E-state index in [0.29, 0.717) is 40.8 Å². The Bertz CT molecular complexity index is 1400. The third-order valence-corrected chi connectivity index (χ3v) is 6.82. The lowest BCUT2D eigenvalue weighted by atomic mass is 9.67. The molecule has 5 rings (SSSR count). The number of amides is 1. The van der Waals surface area contributed by atoms with Crippen molar-refractivity contribution in [2.75, 3.05) is 12.4 Å².